The molecular weight excluding hydrogens is 494 g/mol. The van der Waals surface area contributed by atoms with E-state index in [1.54, 1.807) is 0 Å². The van der Waals surface area contributed by atoms with Crippen LogP contribution in [0.4, 0.5) is 0 Å². The third kappa shape index (κ3) is 5.65. The lowest BCUT2D eigenvalue weighted by molar-refractivity contribution is -0.149. The summed E-state index contributed by atoms with van der Waals surface area (Å²) in [6.45, 7) is 0.0512. The van der Waals surface area contributed by atoms with Crippen molar-refractivity contribution in [1.82, 2.24) is 25.0 Å². The average Bonchev–Trinajstić information content (AvgIpc) is 3.59. The van der Waals surface area contributed by atoms with Crippen LogP contribution in [0.5, 0.6) is 0 Å². The summed E-state index contributed by atoms with van der Waals surface area (Å²) >= 11 is 0. The number of nitrogens with one attached hydrogen (secondary N) is 2. The number of hydrogen-bond acceptors (Lipinski definition) is 4. The molecule has 0 aliphatic carbocycles. The largest absolute Gasteiger partial charge is 0.361 e. The molecule has 9 nitrogen and oxygen atoms in total. The first-order valence-corrected chi connectivity index (χ1v) is 13.1. The molecule has 3 heterocycles. The summed E-state index contributed by atoms with van der Waals surface area (Å²) in [7, 11) is 0. The maximum Gasteiger partial charge on any atom is 0.246 e. The van der Waals surface area contributed by atoms with E-state index in [1.165, 1.54) is 14.7 Å². The molecule has 3 aromatic rings. The van der Waals surface area contributed by atoms with Crippen LogP contribution in [0.3, 0.4) is 0 Å². The fourth-order valence-electron chi connectivity index (χ4n) is 5.48. The van der Waals surface area contributed by atoms with Crippen LogP contribution in [-0.2, 0) is 32.1 Å². The number of nitrogens with zero attached hydrogens (tertiary/aromatic N) is 3. The van der Waals surface area contributed by atoms with E-state index < -0.39 is 23.9 Å². The van der Waals surface area contributed by atoms with Gasteiger partial charge in [0.2, 0.25) is 23.6 Å². The van der Waals surface area contributed by atoms with E-state index in [4.69, 9.17) is 6.42 Å². The second-order valence-electron chi connectivity index (χ2n) is 10.0. The van der Waals surface area contributed by atoms with E-state index >= 15 is 0 Å². The summed E-state index contributed by atoms with van der Waals surface area (Å²) < 4.78 is 0. The lowest BCUT2D eigenvalue weighted by atomic mass is 10.0. The molecule has 200 valence electrons. The van der Waals surface area contributed by atoms with Crippen molar-refractivity contribution in [2.24, 2.45) is 0 Å². The van der Waals surface area contributed by atoms with E-state index in [0.29, 0.717) is 19.4 Å². The van der Waals surface area contributed by atoms with Crippen molar-refractivity contribution in [2.75, 3.05) is 26.2 Å². The Kier molecular flexibility index (Phi) is 7.64. The minimum atomic E-state index is -0.972. The molecule has 4 amide bonds. The van der Waals surface area contributed by atoms with Crippen molar-refractivity contribution in [2.45, 2.75) is 37.9 Å². The molecule has 2 aliphatic rings. The lowest BCUT2D eigenvalue weighted by Gasteiger charge is -2.34. The molecule has 2 atom stereocenters. The van der Waals surface area contributed by atoms with Gasteiger partial charge in [0.25, 0.3) is 0 Å². The summed E-state index contributed by atoms with van der Waals surface area (Å²) in [5, 5.41) is 3.79. The smallest absolute Gasteiger partial charge is 0.246 e. The normalized spacial score (nSPS) is 20.8. The molecule has 5 rings (SSSR count). The standard InChI is InChI=1S/C30H31N5O4/c1-2-14-33-20-28(37)35-15-8-13-26(35)30(39)34(18-21-9-4-3-5-10-21)19-27(36)32-25(29(33)38)16-22-17-31-24-12-7-6-11-23(22)24/h1,3-7,9-12,17,25-26,31H,8,13-16,18-20H2,(H,32,36)/t25-,26+/m0/s1. The second kappa shape index (κ2) is 11.4. The van der Waals surface area contributed by atoms with Gasteiger partial charge in [0.15, 0.2) is 0 Å². The van der Waals surface area contributed by atoms with Crippen LogP contribution in [0.15, 0.2) is 60.8 Å². The molecule has 39 heavy (non-hydrogen) atoms. The minimum absolute atomic E-state index is 0.0859. The minimum Gasteiger partial charge on any atom is -0.361 e. The zero-order valence-corrected chi connectivity index (χ0v) is 21.6. The van der Waals surface area contributed by atoms with Crippen molar-refractivity contribution in [3.63, 3.8) is 0 Å². The lowest BCUT2D eigenvalue weighted by Crippen LogP contribution is -2.57. The number of benzene rings is 2. The molecule has 0 spiro atoms. The number of para-hydroxylation sites is 1. The summed E-state index contributed by atoms with van der Waals surface area (Å²) in [5.74, 6) is 0.980. The maximum atomic E-state index is 13.8. The zero-order chi connectivity index (χ0) is 27.4. The van der Waals surface area contributed by atoms with Gasteiger partial charge in [-0.25, -0.2) is 0 Å². The van der Waals surface area contributed by atoms with Gasteiger partial charge in [0.1, 0.15) is 18.6 Å². The van der Waals surface area contributed by atoms with Crippen molar-refractivity contribution in [3.05, 3.63) is 71.9 Å². The quantitative estimate of drug-likeness (QED) is 0.495. The third-order valence-electron chi connectivity index (χ3n) is 7.37. The van der Waals surface area contributed by atoms with Gasteiger partial charge in [-0.05, 0) is 30.0 Å². The Morgan fingerprint density at radius 2 is 1.69 bits per heavy atom. The third-order valence-corrected chi connectivity index (χ3v) is 7.37. The summed E-state index contributed by atoms with van der Waals surface area (Å²) in [4.78, 5) is 61.9. The van der Waals surface area contributed by atoms with Crippen LogP contribution in [0, 0.1) is 12.3 Å². The Hall–Kier alpha value is -4.58. The van der Waals surface area contributed by atoms with Gasteiger partial charge in [-0.2, -0.15) is 0 Å². The van der Waals surface area contributed by atoms with E-state index in [1.807, 2.05) is 60.8 Å². The van der Waals surface area contributed by atoms with Crippen molar-refractivity contribution < 1.29 is 19.2 Å². The number of aromatic nitrogens is 1. The number of hydrogen-bond donors (Lipinski definition) is 2. The fraction of sp³-hybridized carbons (Fsp3) is 0.333. The second-order valence-corrected chi connectivity index (χ2v) is 10.0. The first-order valence-electron chi connectivity index (χ1n) is 13.1. The molecule has 2 aliphatic heterocycles. The highest BCUT2D eigenvalue weighted by Crippen LogP contribution is 2.23. The van der Waals surface area contributed by atoms with Gasteiger partial charge in [0, 0.05) is 36.6 Å². The van der Waals surface area contributed by atoms with E-state index in [2.05, 4.69) is 16.2 Å². The molecule has 0 bridgehead atoms. The van der Waals surface area contributed by atoms with Crippen LogP contribution in [0.1, 0.15) is 24.0 Å². The molecule has 2 fully saturated rings. The molecule has 2 aromatic carbocycles. The summed E-state index contributed by atoms with van der Waals surface area (Å²) in [5.41, 5.74) is 2.63. The number of carbonyl (C=O) groups is 4. The molecule has 0 saturated carbocycles. The highest BCUT2D eigenvalue weighted by Gasteiger charge is 2.39. The van der Waals surface area contributed by atoms with E-state index in [9.17, 15) is 19.2 Å². The molecule has 0 radical (unpaired) electrons. The monoisotopic (exact) mass is 525 g/mol. The Balaban J connectivity index is 1.49. The highest BCUT2D eigenvalue weighted by atomic mass is 16.2. The highest BCUT2D eigenvalue weighted by molar-refractivity contribution is 5.96. The van der Waals surface area contributed by atoms with Gasteiger partial charge < -0.3 is 25.0 Å². The Morgan fingerprint density at radius 1 is 0.923 bits per heavy atom. The van der Waals surface area contributed by atoms with Crippen LogP contribution >= 0.6 is 0 Å². The SMILES string of the molecule is C#CCN1CC(=O)N2CCC[C@@H]2C(=O)N(Cc2ccccc2)CC(=O)N[C@@H](Cc2c[nH]c3ccccc23)C1=O. The molecule has 9 heteroatoms. The number of fused-ring (bicyclic) bond motifs is 2. The van der Waals surface area contributed by atoms with Gasteiger partial charge >= 0.3 is 0 Å². The molecule has 2 N–H and O–H groups in total. The number of terminal acetylenes is 1. The molecular formula is C30H31N5O4. The van der Waals surface area contributed by atoms with Crippen LogP contribution in [0.25, 0.3) is 10.9 Å². The van der Waals surface area contributed by atoms with Gasteiger partial charge in [-0.3, -0.25) is 19.2 Å². The Morgan fingerprint density at radius 3 is 2.49 bits per heavy atom. The number of amides is 4. The Labute approximate surface area is 227 Å². The number of rotatable bonds is 5. The van der Waals surface area contributed by atoms with Crippen LogP contribution < -0.4 is 5.32 Å². The predicted octanol–water partition coefficient (Wildman–Crippen LogP) is 1.69. The predicted molar refractivity (Wildman–Crippen MR) is 146 cm³/mol. The van der Waals surface area contributed by atoms with E-state index in [-0.39, 0.29) is 44.4 Å². The molecule has 1 aromatic heterocycles. The van der Waals surface area contributed by atoms with Crippen LogP contribution in [0.2, 0.25) is 0 Å². The topological polar surface area (TPSA) is 106 Å². The fourth-order valence-corrected chi connectivity index (χ4v) is 5.48. The van der Waals surface area contributed by atoms with Crippen molar-refractivity contribution in [1.29, 1.82) is 0 Å². The van der Waals surface area contributed by atoms with Crippen molar-refractivity contribution in [3.8, 4) is 12.3 Å². The van der Waals surface area contributed by atoms with Crippen molar-refractivity contribution >= 4 is 34.5 Å². The maximum absolute atomic E-state index is 13.8. The first kappa shape index (κ1) is 26.0. The summed E-state index contributed by atoms with van der Waals surface area (Å²) in [6, 6.07) is 15.4. The summed E-state index contributed by atoms with van der Waals surface area (Å²) in [6.07, 6.45) is 8.75. The average molecular weight is 526 g/mol. The molecule has 0 unspecified atom stereocenters. The number of carbonyl (C=O) groups excluding carboxylic acids is 4. The van der Waals surface area contributed by atoms with Gasteiger partial charge in [-0.1, -0.05) is 54.5 Å². The number of H-pyrrole nitrogens is 1. The molecule has 2 saturated heterocycles. The first-order chi connectivity index (χ1) is 18.9. The van der Waals surface area contributed by atoms with E-state index in [0.717, 1.165) is 22.0 Å². The zero-order valence-electron chi connectivity index (χ0n) is 21.6. The van der Waals surface area contributed by atoms with Gasteiger partial charge in [0.05, 0.1) is 13.1 Å². The van der Waals surface area contributed by atoms with Gasteiger partial charge in [-0.15, -0.1) is 6.42 Å². The van der Waals surface area contributed by atoms with Crippen LogP contribution in [-0.4, -0.2) is 81.6 Å². The number of aromatic amines is 1. The Bertz CT molecular complexity index is 1430.